The van der Waals surface area contributed by atoms with Crippen molar-refractivity contribution in [2.45, 2.75) is 33.3 Å². The molecule has 0 saturated heterocycles. The van der Waals surface area contributed by atoms with Gasteiger partial charge in [0, 0.05) is 13.6 Å². The van der Waals surface area contributed by atoms with Crippen LogP contribution in [0.2, 0.25) is 0 Å². The maximum absolute atomic E-state index is 13.6. The lowest BCUT2D eigenvalue weighted by Crippen LogP contribution is -2.45. The Balaban J connectivity index is 2.76. The van der Waals surface area contributed by atoms with E-state index in [0.717, 1.165) is 0 Å². The Kier molecular flexibility index (Phi) is 6.15. The average molecular weight is 296 g/mol. The van der Waals surface area contributed by atoms with Crippen LogP contribution in [0.4, 0.5) is 4.39 Å². The van der Waals surface area contributed by atoms with Crippen molar-refractivity contribution in [3.8, 4) is 5.75 Å². The number of carbonyl (C=O) groups excluding carboxylic acids is 1. The molecule has 2 N–H and O–H groups in total. The first-order valence-electron chi connectivity index (χ1n) is 7.17. The highest BCUT2D eigenvalue weighted by molar-refractivity contribution is 5.81. The van der Waals surface area contributed by atoms with Gasteiger partial charge in [0.2, 0.25) is 0 Å². The molecule has 4 nitrogen and oxygen atoms in total. The predicted molar refractivity (Wildman–Crippen MR) is 81.6 cm³/mol. The first kappa shape index (κ1) is 17.4. The molecule has 1 unspecified atom stereocenters. The lowest BCUT2D eigenvalue weighted by atomic mass is 9.93. The molecule has 0 saturated carbocycles. The zero-order valence-corrected chi connectivity index (χ0v) is 13.2. The van der Waals surface area contributed by atoms with Crippen molar-refractivity contribution < 1.29 is 13.9 Å². The van der Waals surface area contributed by atoms with Crippen molar-refractivity contribution in [3.63, 3.8) is 0 Å². The molecule has 0 spiro atoms. The molecule has 0 aliphatic heterocycles. The number of rotatable bonds is 7. The fraction of sp³-hybridized carbons (Fsp3) is 0.562. The third kappa shape index (κ3) is 5.01. The Bertz CT molecular complexity index is 477. The highest BCUT2D eigenvalue weighted by Gasteiger charge is 2.27. The molecule has 5 heteroatoms. The van der Waals surface area contributed by atoms with Crippen LogP contribution in [0.5, 0.6) is 5.75 Å². The van der Waals surface area contributed by atoms with Crippen molar-refractivity contribution >= 4 is 5.91 Å². The molecular weight excluding hydrogens is 271 g/mol. The van der Waals surface area contributed by atoms with E-state index in [1.807, 2.05) is 20.8 Å². The zero-order chi connectivity index (χ0) is 16.0. The zero-order valence-electron chi connectivity index (χ0n) is 13.2. The molecule has 0 heterocycles. The van der Waals surface area contributed by atoms with Crippen LogP contribution < -0.4 is 10.5 Å². The quantitative estimate of drug-likeness (QED) is 0.840. The Morgan fingerprint density at radius 3 is 2.57 bits per heavy atom. The molecule has 0 aromatic heterocycles. The van der Waals surface area contributed by atoms with Crippen LogP contribution >= 0.6 is 0 Å². The molecule has 1 atom stereocenters. The lowest BCUT2D eigenvalue weighted by molar-refractivity contribution is -0.138. The van der Waals surface area contributed by atoms with Gasteiger partial charge in [0.15, 0.2) is 17.7 Å². The summed E-state index contributed by atoms with van der Waals surface area (Å²) in [5, 5.41) is 0. The predicted octanol–water partition coefficient (Wildman–Crippen LogP) is 2.43. The Hall–Kier alpha value is -1.62. The standard InChI is InChI=1S/C16H25FN2O2/c1-5-13(21-14-9-7-6-8-12(14)17)15(20)19(4)11-16(2,3)10-18/h6-9,13H,5,10-11,18H2,1-4H3. The summed E-state index contributed by atoms with van der Waals surface area (Å²) in [5.41, 5.74) is 5.52. The van der Waals surface area contributed by atoms with E-state index in [4.69, 9.17) is 10.5 Å². The van der Waals surface area contributed by atoms with Gasteiger partial charge in [-0.05, 0) is 30.5 Å². The molecule has 118 valence electrons. The molecule has 1 aromatic rings. The fourth-order valence-corrected chi connectivity index (χ4v) is 2.03. The first-order valence-corrected chi connectivity index (χ1v) is 7.17. The summed E-state index contributed by atoms with van der Waals surface area (Å²) in [6.07, 6.45) is -0.221. The second-order valence-electron chi connectivity index (χ2n) is 6.01. The molecule has 0 aliphatic carbocycles. The molecule has 1 amide bonds. The van der Waals surface area contributed by atoms with E-state index in [2.05, 4.69) is 0 Å². The summed E-state index contributed by atoms with van der Waals surface area (Å²) in [5.74, 6) is -0.528. The summed E-state index contributed by atoms with van der Waals surface area (Å²) in [4.78, 5) is 14.0. The molecule has 1 aromatic carbocycles. The molecule has 21 heavy (non-hydrogen) atoms. The minimum absolute atomic E-state index is 0.101. The normalized spacial score (nSPS) is 12.9. The number of nitrogens with zero attached hydrogens (tertiary/aromatic N) is 1. The van der Waals surface area contributed by atoms with E-state index >= 15 is 0 Å². The third-order valence-electron chi connectivity index (χ3n) is 3.35. The number of benzene rings is 1. The van der Waals surface area contributed by atoms with Crippen LogP contribution in [-0.2, 0) is 4.79 Å². The van der Waals surface area contributed by atoms with Crippen LogP contribution in [0, 0.1) is 11.2 Å². The fourth-order valence-electron chi connectivity index (χ4n) is 2.03. The number of hydrogen-bond donors (Lipinski definition) is 1. The Labute approximate surface area is 126 Å². The third-order valence-corrected chi connectivity index (χ3v) is 3.35. The van der Waals surface area contributed by atoms with Gasteiger partial charge in [0.25, 0.3) is 5.91 Å². The van der Waals surface area contributed by atoms with E-state index in [1.165, 1.54) is 12.1 Å². The van der Waals surface area contributed by atoms with Gasteiger partial charge in [0.1, 0.15) is 0 Å². The number of nitrogens with two attached hydrogens (primary N) is 1. The van der Waals surface area contributed by atoms with Gasteiger partial charge in [-0.3, -0.25) is 4.79 Å². The smallest absolute Gasteiger partial charge is 0.263 e. The van der Waals surface area contributed by atoms with E-state index in [9.17, 15) is 9.18 Å². The molecule has 0 aliphatic rings. The summed E-state index contributed by atoms with van der Waals surface area (Å²) in [7, 11) is 1.72. The largest absolute Gasteiger partial charge is 0.478 e. The maximum Gasteiger partial charge on any atom is 0.263 e. The van der Waals surface area contributed by atoms with Gasteiger partial charge in [-0.2, -0.15) is 0 Å². The molecule has 0 fully saturated rings. The number of carbonyl (C=O) groups is 1. The molecule has 0 radical (unpaired) electrons. The lowest BCUT2D eigenvalue weighted by Gasteiger charge is -2.31. The van der Waals surface area contributed by atoms with Gasteiger partial charge in [-0.15, -0.1) is 0 Å². The van der Waals surface area contributed by atoms with Crippen molar-refractivity contribution in [3.05, 3.63) is 30.1 Å². The average Bonchev–Trinajstić information content (AvgIpc) is 2.45. The maximum atomic E-state index is 13.6. The van der Waals surface area contributed by atoms with Crippen molar-refractivity contribution in [1.82, 2.24) is 4.90 Å². The summed E-state index contributed by atoms with van der Waals surface area (Å²) in [6, 6.07) is 6.10. The van der Waals surface area contributed by atoms with Gasteiger partial charge in [-0.25, -0.2) is 4.39 Å². The van der Waals surface area contributed by atoms with Crippen LogP contribution in [-0.4, -0.2) is 37.0 Å². The van der Waals surface area contributed by atoms with E-state index in [0.29, 0.717) is 19.5 Å². The van der Waals surface area contributed by atoms with Crippen LogP contribution in [0.25, 0.3) is 0 Å². The molecule has 0 bridgehead atoms. The highest BCUT2D eigenvalue weighted by Crippen LogP contribution is 2.20. The monoisotopic (exact) mass is 296 g/mol. The topological polar surface area (TPSA) is 55.6 Å². The summed E-state index contributed by atoms with van der Waals surface area (Å²) < 4.78 is 19.1. The second kappa shape index (κ2) is 7.41. The number of hydrogen-bond acceptors (Lipinski definition) is 3. The van der Waals surface area contributed by atoms with Crippen LogP contribution in [0.3, 0.4) is 0 Å². The van der Waals surface area contributed by atoms with Gasteiger partial charge >= 0.3 is 0 Å². The number of likely N-dealkylation sites (N-methyl/N-ethyl adjacent to an activating group) is 1. The second-order valence-corrected chi connectivity index (χ2v) is 6.01. The number of halogens is 1. The number of ether oxygens (including phenoxy) is 1. The summed E-state index contributed by atoms with van der Waals surface area (Å²) in [6.45, 7) is 6.84. The number of para-hydroxylation sites is 1. The SMILES string of the molecule is CCC(Oc1ccccc1F)C(=O)N(C)CC(C)(C)CN. The Morgan fingerprint density at radius 1 is 1.43 bits per heavy atom. The van der Waals surface area contributed by atoms with Crippen LogP contribution in [0.15, 0.2) is 24.3 Å². The van der Waals surface area contributed by atoms with Gasteiger partial charge in [-0.1, -0.05) is 32.9 Å². The van der Waals surface area contributed by atoms with Crippen molar-refractivity contribution in [2.75, 3.05) is 20.1 Å². The van der Waals surface area contributed by atoms with Crippen molar-refractivity contribution in [2.24, 2.45) is 11.1 Å². The van der Waals surface area contributed by atoms with Crippen LogP contribution in [0.1, 0.15) is 27.2 Å². The van der Waals surface area contributed by atoms with E-state index < -0.39 is 11.9 Å². The minimum Gasteiger partial charge on any atom is -0.478 e. The van der Waals surface area contributed by atoms with Gasteiger partial charge in [0.05, 0.1) is 0 Å². The van der Waals surface area contributed by atoms with Gasteiger partial charge < -0.3 is 15.4 Å². The van der Waals surface area contributed by atoms with E-state index in [1.54, 1.807) is 24.1 Å². The minimum atomic E-state index is -0.694. The number of amides is 1. The van der Waals surface area contributed by atoms with E-state index in [-0.39, 0.29) is 17.1 Å². The summed E-state index contributed by atoms with van der Waals surface area (Å²) >= 11 is 0. The molecule has 1 rings (SSSR count). The highest BCUT2D eigenvalue weighted by atomic mass is 19.1. The Morgan fingerprint density at radius 2 is 2.05 bits per heavy atom. The first-order chi connectivity index (χ1) is 9.80. The molecular formula is C16H25FN2O2. The van der Waals surface area contributed by atoms with Crippen molar-refractivity contribution in [1.29, 1.82) is 0 Å².